The molecule has 0 unspecified atom stereocenters. The van der Waals surface area contributed by atoms with Crippen LogP contribution in [0.15, 0.2) is 30.5 Å². The van der Waals surface area contributed by atoms with Gasteiger partial charge in [-0.3, -0.25) is 4.79 Å². The fraction of sp³-hybridized carbons (Fsp3) is 0.357. The lowest BCUT2D eigenvalue weighted by Crippen LogP contribution is -2.26. The Morgan fingerprint density at radius 3 is 2.75 bits per heavy atom. The average molecular weight is 275 g/mol. The fourth-order valence-electron chi connectivity index (χ4n) is 1.84. The minimum Gasteiger partial charge on any atom is -0.494 e. The van der Waals surface area contributed by atoms with Gasteiger partial charge in [0.15, 0.2) is 0 Å². The van der Waals surface area contributed by atoms with E-state index >= 15 is 0 Å². The van der Waals surface area contributed by atoms with Crippen molar-refractivity contribution in [1.82, 2.24) is 15.0 Å². The van der Waals surface area contributed by atoms with E-state index in [0.717, 1.165) is 5.69 Å². The molecule has 1 heterocycles. The molecule has 0 radical (unpaired) electrons. The second kappa shape index (κ2) is 5.32. The van der Waals surface area contributed by atoms with Crippen LogP contribution in [-0.4, -0.2) is 33.2 Å². The van der Waals surface area contributed by atoms with Gasteiger partial charge in [-0.05, 0) is 26.0 Å². The molecular formula is C14H17N3O3. The normalized spacial score (nSPS) is 11.3. The van der Waals surface area contributed by atoms with Crippen molar-refractivity contribution in [2.24, 2.45) is 5.41 Å². The summed E-state index contributed by atoms with van der Waals surface area (Å²) in [5.41, 5.74) is 0.520. The molecule has 0 saturated heterocycles. The first-order chi connectivity index (χ1) is 9.44. The number of para-hydroxylation sites is 2. The third-order valence-electron chi connectivity index (χ3n) is 3.07. The molecule has 2 aromatic rings. The minimum atomic E-state index is -0.873. The number of methoxy groups -OCH3 is 1. The summed E-state index contributed by atoms with van der Waals surface area (Å²) in [6.45, 7) is 3.33. The van der Waals surface area contributed by atoms with Crippen LogP contribution in [0.3, 0.4) is 0 Å². The first-order valence-corrected chi connectivity index (χ1v) is 6.22. The number of benzene rings is 1. The van der Waals surface area contributed by atoms with E-state index < -0.39 is 11.4 Å². The monoisotopic (exact) mass is 275 g/mol. The van der Waals surface area contributed by atoms with E-state index in [4.69, 9.17) is 9.84 Å². The summed E-state index contributed by atoms with van der Waals surface area (Å²) in [5, 5.41) is 17.2. The standard InChI is InChI=1S/C14H17N3O3/c1-14(2,13(18)19)8-10-9-17(16-15-10)11-6-4-5-7-12(11)20-3/h4-7,9H,8H2,1-3H3,(H,18,19). The first kappa shape index (κ1) is 14.0. The van der Waals surface area contributed by atoms with Crippen molar-refractivity contribution in [2.45, 2.75) is 20.3 Å². The Bertz CT molecular complexity index is 620. The molecule has 1 aromatic heterocycles. The van der Waals surface area contributed by atoms with Gasteiger partial charge < -0.3 is 9.84 Å². The first-order valence-electron chi connectivity index (χ1n) is 6.22. The van der Waals surface area contributed by atoms with Gasteiger partial charge in [0, 0.05) is 6.42 Å². The van der Waals surface area contributed by atoms with Crippen LogP contribution >= 0.6 is 0 Å². The van der Waals surface area contributed by atoms with Crippen LogP contribution < -0.4 is 4.74 Å². The number of aromatic nitrogens is 3. The van der Waals surface area contributed by atoms with E-state index in [9.17, 15) is 4.79 Å². The Hall–Kier alpha value is -2.37. The van der Waals surface area contributed by atoms with E-state index in [1.54, 1.807) is 31.8 Å². The van der Waals surface area contributed by atoms with Gasteiger partial charge in [-0.2, -0.15) is 0 Å². The molecule has 6 nitrogen and oxygen atoms in total. The van der Waals surface area contributed by atoms with E-state index in [2.05, 4.69) is 10.3 Å². The third kappa shape index (κ3) is 2.79. The summed E-state index contributed by atoms with van der Waals surface area (Å²) in [6.07, 6.45) is 2.04. The molecular weight excluding hydrogens is 258 g/mol. The van der Waals surface area contributed by atoms with Crippen LogP contribution in [0.4, 0.5) is 0 Å². The smallest absolute Gasteiger partial charge is 0.309 e. The Labute approximate surface area is 117 Å². The summed E-state index contributed by atoms with van der Waals surface area (Å²) in [6, 6.07) is 7.44. The highest BCUT2D eigenvalue weighted by Gasteiger charge is 2.28. The summed E-state index contributed by atoms with van der Waals surface area (Å²) in [4.78, 5) is 11.1. The lowest BCUT2D eigenvalue weighted by atomic mass is 9.88. The van der Waals surface area contributed by atoms with Crippen LogP contribution in [0.2, 0.25) is 0 Å². The Morgan fingerprint density at radius 2 is 2.10 bits per heavy atom. The Kier molecular flexibility index (Phi) is 3.74. The number of hydrogen-bond acceptors (Lipinski definition) is 4. The van der Waals surface area contributed by atoms with Crippen molar-refractivity contribution in [1.29, 1.82) is 0 Å². The van der Waals surface area contributed by atoms with Crippen molar-refractivity contribution < 1.29 is 14.6 Å². The van der Waals surface area contributed by atoms with Gasteiger partial charge in [0.1, 0.15) is 11.4 Å². The number of carbonyl (C=O) groups is 1. The Balaban J connectivity index is 2.27. The van der Waals surface area contributed by atoms with Gasteiger partial charge in [-0.15, -0.1) is 5.10 Å². The molecule has 0 aliphatic heterocycles. The Morgan fingerprint density at radius 1 is 1.40 bits per heavy atom. The van der Waals surface area contributed by atoms with Gasteiger partial charge in [0.25, 0.3) is 0 Å². The molecule has 0 fully saturated rings. The molecule has 20 heavy (non-hydrogen) atoms. The van der Waals surface area contributed by atoms with Crippen molar-refractivity contribution in [3.05, 3.63) is 36.2 Å². The number of rotatable bonds is 5. The van der Waals surface area contributed by atoms with E-state index in [0.29, 0.717) is 17.9 Å². The molecule has 0 aliphatic rings. The molecule has 0 amide bonds. The third-order valence-corrected chi connectivity index (χ3v) is 3.07. The maximum atomic E-state index is 11.1. The zero-order valence-electron chi connectivity index (χ0n) is 11.7. The topological polar surface area (TPSA) is 77.2 Å². The molecule has 2 rings (SSSR count). The summed E-state index contributed by atoms with van der Waals surface area (Å²) >= 11 is 0. The fourth-order valence-corrected chi connectivity index (χ4v) is 1.84. The maximum absolute atomic E-state index is 11.1. The molecule has 1 N–H and O–H groups in total. The quantitative estimate of drug-likeness (QED) is 0.902. The van der Waals surface area contributed by atoms with Crippen molar-refractivity contribution in [2.75, 3.05) is 7.11 Å². The van der Waals surface area contributed by atoms with Gasteiger partial charge in [0.05, 0.1) is 24.4 Å². The number of carboxylic acid groups (broad SMARTS) is 1. The lowest BCUT2D eigenvalue weighted by molar-refractivity contribution is -0.146. The maximum Gasteiger partial charge on any atom is 0.309 e. The molecule has 0 saturated carbocycles. The number of aliphatic carboxylic acids is 1. The van der Waals surface area contributed by atoms with E-state index in [1.807, 2.05) is 24.3 Å². The van der Waals surface area contributed by atoms with Crippen LogP contribution in [0, 0.1) is 5.41 Å². The van der Waals surface area contributed by atoms with Gasteiger partial charge in [-0.25, -0.2) is 4.68 Å². The number of nitrogens with zero attached hydrogens (tertiary/aromatic N) is 3. The predicted octanol–water partition coefficient (Wildman–Crippen LogP) is 1.93. The van der Waals surface area contributed by atoms with Crippen molar-refractivity contribution in [3.8, 4) is 11.4 Å². The minimum absolute atomic E-state index is 0.317. The van der Waals surface area contributed by atoms with Crippen LogP contribution in [0.25, 0.3) is 5.69 Å². The lowest BCUT2D eigenvalue weighted by Gasteiger charge is -2.16. The van der Waals surface area contributed by atoms with E-state index in [-0.39, 0.29) is 0 Å². The van der Waals surface area contributed by atoms with Gasteiger partial charge in [-0.1, -0.05) is 17.3 Å². The van der Waals surface area contributed by atoms with Gasteiger partial charge >= 0.3 is 5.97 Å². The number of hydrogen-bond donors (Lipinski definition) is 1. The zero-order chi connectivity index (χ0) is 14.8. The average Bonchev–Trinajstić information content (AvgIpc) is 2.86. The molecule has 1 aromatic carbocycles. The predicted molar refractivity (Wildman–Crippen MR) is 73.0 cm³/mol. The highest BCUT2D eigenvalue weighted by molar-refractivity contribution is 5.73. The van der Waals surface area contributed by atoms with Crippen LogP contribution in [-0.2, 0) is 11.2 Å². The summed E-state index contributed by atoms with van der Waals surface area (Å²) < 4.78 is 6.85. The number of ether oxygens (including phenoxy) is 1. The SMILES string of the molecule is COc1ccccc1-n1cc(CC(C)(C)C(=O)O)nn1. The van der Waals surface area contributed by atoms with Gasteiger partial charge in [0.2, 0.25) is 0 Å². The van der Waals surface area contributed by atoms with Crippen LogP contribution in [0.5, 0.6) is 5.75 Å². The second-order valence-electron chi connectivity index (χ2n) is 5.19. The largest absolute Gasteiger partial charge is 0.494 e. The highest BCUT2D eigenvalue weighted by Crippen LogP contribution is 2.24. The molecule has 0 spiro atoms. The van der Waals surface area contributed by atoms with Crippen LogP contribution in [0.1, 0.15) is 19.5 Å². The molecule has 0 aliphatic carbocycles. The molecule has 0 bridgehead atoms. The van der Waals surface area contributed by atoms with Crippen molar-refractivity contribution in [3.63, 3.8) is 0 Å². The second-order valence-corrected chi connectivity index (χ2v) is 5.19. The zero-order valence-corrected chi connectivity index (χ0v) is 11.7. The molecule has 106 valence electrons. The highest BCUT2D eigenvalue weighted by atomic mass is 16.5. The molecule has 6 heteroatoms. The summed E-state index contributed by atoms with van der Waals surface area (Å²) in [7, 11) is 1.59. The summed E-state index contributed by atoms with van der Waals surface area (Å²) in [5.74, 6) is -0.175. The molecule has 0 atom stereocenters. The number of carboxylic acids is 1. The van der Waals surface area contributed by atoms with Crippen molar-refractivity contribution >= 4 is 5.97 Å². The van der Waals surface area contributed by atoms with E-state index in [1.165, 1.54) is 0 Å².